The number of nitrogens with zero attached hydrogens (tertiary/aromatic N) is 6. The molecule has 9 heteroatoms. The van der Waals surface area contributed by atoms with E-state index in [-0.39, 0.29) is 6.04 Å². The molecule has 1 atom stereocenters. The number of H-pyrrole nitrogens is 1. The third-order valence-corrected chi connectivity index (χ3v) is 5.45. The van der Waals surface area contributed by atoms with E-state index in [0.29, 0.717) is 11.8 Å². The maximum absolute atomic E-state index is 5.76. The summed E-state index contributed by atoms with van der Waals surface area (Å²) >= 11 is 0. The molecule has 1 aliphatic heterocycles. The number of aromatic amines is 1. The Kier molecular flexibility index (Phi) is 4.85. The maximum Gasteiger partial charge on any atom is 0.228 e. The number of aromatic nitrogens is 6. The van der Waals surface area contributed by atoms with Crippen molar-refractivity contribution < 1.29 is 4.52 Å². The predicted octanol–water partition coefficient (Wildman–Crippen LogP) is 4.26. The van der Waals surface area contributed by atoms with Crippen LogP contribution in [0.3, 0.4) is 0 Å². The first-order chi connectivity index (χ1) is 15.1. The summed E-state index contributed by atoms with van der Waals surface area (Å²) in [7, 11) is 0. The van der Waals surface area contributed by atoms with Gasteiger partial charge in [0.1, 0.15) is 11.5 Å². The highest BCUT2D eigenvalue weighted by Gasteiger charge is 2.32. The van der Waals surface area contributed by atoms with Crippen LogP contribution in [0.15, 0.2) is 41.1 Å². The quantitative estimate of drug-likeness (QED) is 0.497. The average Bonchev–Trinajstić information content (AvgIpc) is 3.48. The maximum atomic E-state index is 5.76. The minimum absolute atomic E-state index is 0.0421. The number of aryl methyl sites for hydroxylation is 3. The van der Waals surface area contributed by atoms with Crippen molar-refractivity contribution in [3.63, 3.8) is 0 Å². The van der Waals surface area contributed by atoms with Gasteiger partial charge in [0.15, 0.2) is 11.6 Å². The number of hydrogen-bond donors (Lipinski definition) is 2. The number of rotatable bonds is 5. The fourth-order valence-corrected chi connectivity index (χ4v) is 3.99. The fourth-order valence-electron chi connectivity index (χ4n) is 3.99. The van der Waals surface area contributed by atoms with Gasteiger partial charge in [-0.25, -0.2) is 4.98 Å². The number of anilines is 3. The van der Waals surface area contributed by atoms with Gasteiger partial charge in [-0.05, 0) is 45.7 Å². The summed E-state index contributed by atoms with van der Waals surface area (Å²) in [6.07, 6.45) is 3.77. The third-order valence-electron chi connectivity index (χ3n) is 5.45. The van der Waals surface area contributed by atoms with Gasteiger partial charge in [-0.3, -0.25) is 10.1 Å². The van der Waals surface area contributed by atoms with Crippen LogP contribution in [0.2, 0.25) is 0 Å². The minimum atomic E-state index is 0.0421. The largest absolute Gasteiger partial charge is 0.359 e. The number of nitrogens with one attached hydrogen (secondary N) is 2. The lowest BCUT2D eigenvalue weighted by Crippen LogP contribution is -2.25. The Morgan fingerprint density at radius 2 is 2.03 bits per heavy atom. The van der Waals surface area contributed by atoms with Crippen LogP contribution in [-0.4, -0.2) is 36.9 Å². The molecular weight excluding hydrogens is 392 g/mol. The van der Waals surface area contributed by atoms with E-state index in [2.05, 4.69) is 30.6 Å². The van der Waals surface area contributed by atoms with Gasteiger partial charge in [0.25, 0.3) is 0 Å². The van der Waals surface area contributed by atoms with Crippen LogP contribution >= 0.6 is 0 Å². The van der Waals surface area contributed by atoms with Crippen LogP contribution in [0.5, 0.6) is 0 Å². The third kappa shape index (κ3) is 3.86. The molecule has 1 aliphatic rings. The molecule has 31 heavy (non-hydrogen) atoms. The Hall–Kier alpha value is -3.75. The van der Waals surface area contributed by atoms with Crippen molar-refractivity contribution in [2.45, 2.75) is 39.7 Å². The molecule has 158 valence electrons. The molecule has 0 saturated carbocycles. The van der Waals surface area contributed by atoms with E-state index in [0.717, 1.165) is 59.3 Å². The molecule has 0 amide bonds. The minimum Gasteiger partial charge on any atom is -0.359 e. The monoisotopic (exact) mass is 416 g/mol. The molecule has 4 aromatic heterocycles. The van der Waals surface area contributed by atoms with Gasteiger partial charge in [0.05, 0.1) is 6.04 Å². The van der Waals surface area contributed by atoms with Crippen LogP contribution in [-0.2, 0) is 0 Å². The first kappa shape index (κ1) is 19.2. The zero-order valence-electron chi connectivity index (χ0n) is 17.8. The molecule has 0 aromatic carbocycles. The lowest BCUT2D eigenvalue weighted by molar-refractivity contribution is 0.362. The molecular formula is C22H24N8O. The van der Waals surface area contributed by atoms with Crippen LogP contribution < -0.4 is 10.2 Å². The number of hydrogen-bond acceptors (Lipinski definition) is 8. The molecule has 9 nitrogen and oxygen atoms in total. The second-order valence-electron chi connectivity index (χ2n) is 7.86. The summed E-state index contributed by atoms with van der Waals surface area (Å²) in [5.41, 5.74) is 4.58. The Balaban J connectivity index is 1.42. The van der Waals surface area contributed by atoms with Crippen molar-refractivity contribution in [1.29, 1.82) is 0 Å². The molecule has 4 aromatic rings. The first-order valence-corrected chi connectivity index (χ1v) is 10.4. The Bertz CT molecular complexity index is 1210. The molecule has 1 saturated heterocycles. The van der Waals surface area contributed by atoms with Gasteiger partial charge in [-0.15, -0.1) is 0 Å². The van der Waals surface area contributed by atoms with E-state index in [1.165, 1.54) is 0 Å². The van der Waals surface area contributed by atoms with Crippen molar-refractivity contribution in [1.82, 2.24) is 30.3 Å². The summed E-state index contributed by atoms with van der Waals surface area (Å²) in [5.74, 6) is 2.93. The highest BCUT2D eigenvalue weighted by molar-refractivity contribution is 5.61. The Morgan fingerprint density at radius 1 is 1.13 bits per heavy atom. The molecule has 0 unspecified atom stereocenters. The summed E-state index contributed by atoms with van der Waals surface area (Å²) < 4.78 is 5.76. The van der Waals surface area contributed by atoms with Crippen molar-refractivity contribution >= 4 is 17.6 Å². The molecule has 5 heterocycles. The van der Waals surface area contributed by atoms with Gasteiger partial charge in [0, 0.05) is 53.6 Å². The van der Waals surface area contributed by atoms with Crippen LogP contribution in [0.4, 0.5) is 17.6 Å². The highest BCUT2D eigenvalue weighted by atomic mass is 16.5. The second kappa shape index (κ2) is 7.82. The van der Waals surface area contributed by atoms with E-state index < -0.39 is 0 Å². The standard InChI is InChI=1S/C22H24N8O/c1-13-10-20(25-21-11-14(2)27-28-21)26-22(24-13)30-9-5-7-18(30)19-12-17(29-31-19)16-6-4-8-23-15(16)3/h4,6,8,10-12,18H,5,7,9H2,1-3H3,(H2,24,25,26,27,28)/t18-/m0/s1. The molecule has 2 N–H and O–H groups in total. The predicted molar refractivity (Wildman–Crippen MR) is 117 cm³/mol. The summed E-state index contributed by atoms with van der Waals surface area (Å²) in [5, 5.41) is 14.7. The molecule has 5 rings (SSSR count). The molecule has 0 spiro atoms. The average molecular weight is 416 g/mol. The second-order valence-corrected chi connectivity index (χ2v) is 7.86. The van der Waals surface area contributed by atoms with Gasteiger partial charge in [-0.2, -0.15) is 10.1 Å². The zero-order valence-corrected chi connectivity index (χ0v) is 17.8. The first-order valence-electron chi connectivity index (χ1n) is 10.4. The highest BCUT2D eigenvalue weighted by Crippen LogP contribution is 2.36. The molecule has 0 aliphatic carbocycles. The SMILES string of the molecule is Cc1cc(Nc2cc(C)[nH]n2)nc(N2CCC[C@H]2c2cc(-c3cccnc3C)no2)n1. The Morgan fingerprint density at radius 3 is 2.84 bits per heavy atom. The van der Waals surface area contributed by atoms with Gasteiger partial charge in [0.2, 0.25) is 5.95 Å². The lowest BCUT2D eigenvalue weighted by atomic mass is 10.1. The lowest BCUT2D eigenvalue weighted by Gasteiger charge is -2.23. The summed E-state index contributed by atoms with van der Waals surface area (Å²) in [6.45, 7) is 6.76. The van der Waals surface area contributed by atoms with Crippen molar-refractivity contribution in [2.75, 3.05) is 16.8 Å². The van der Waals surface area contributed by atoms with Crippen LogP contribution in [0, 0.1) is 20.8 Å². The summed E-state index contributed by atoms with van der Waals surface area (Å²) in [6, 6.07) is 9.82. The van der Waals surface area contributed by atoms with Crippen LogP contribution in [0.25, 0.3) is 11.3 Å². The van der Waals surface area contributed by atoms with Gasteiger partial charge in [-0.1, -0.05) is 5.16 Å². The van der Waals surface area contributed by atoms with E-state index >= 15 is 0 Å². The van der Waals surface area contributed by atoms with Crippen molar-refractivity contribution in [2.24, 2.45) is 0 Å². The molecule has 1 fully saturated rings. The summed E-state index contributed by atoms with van der Waals surface area (Å²) in [4.78, 5) is 16.0. The van der Waals surface area contributed by atoms with Gasteiger partial charge >= 0.3 is 0 Å². The smallest absolute Gasteiger partial charge is 0.228 e. The van der Waals surface area contributed by atoms with Crippen molar-refractivity contribution in [3.05, 3.63) is 59.4 Å². The fraction of sp³-hybridized carbons (Fsp3) is 0.318. The zero-order chi connectivity index (χ0) is 21.4. The topological polar surface area (TPSA) is 109 Å². The normalized spacial score (nSPS) is 16.1. The van der Waals surface area contributed by atoms with Gasteiger partial charge < -0.3 is 14.7 Å². The van der Waals surface area contributed by atoms with E-state index in [4.69, 9.17) is 14.5 Å². The van der Waals surface area contributed by atoms with E-state index in [1.807, 2.05) is 51.1 Å². The molecule has 0 radical (unpaired) electrons. The Labute approximate surface area is 179 Å². The molecule has 0 bridgehead atoms. The van der Waals surface area contributed by atoms with E-state index in [1.54, 1.807) is 6.20 Å². The van der Waals surface area contributed by atoms with Crippen LogP contribution in [0.1, 0.15) is 41.7 Å². The van der Waals surface area contributed by atoms with Crippen molar-refractivity contribution in [3.8, 4) is 11.3 Å². The number of pyridine rings is 1. The van der Waals surface area contributed by atoms with E-state index in [9.17, 15) is 0 Å².